The number of hydrogen-bond donors (Lipinski definition) is 2. The van der Waals surface area contributed by atoms with E-state index in [2.05, 4.69) is 22.8 Å². The predicted octanol–water partition coefficient (Wildman–Crippen LogP) is 1.84. The molecule has 0 heterocycles. The Labute approximate surface area is 115 Å². The van der Waals surface area contributed by atoms with Crippen LogP contribution in [0.4, 0.5) is 0 Å². The molecule has 0 saturated carbocycles. The number of nitrogens with one attached hydrogen (secondary N) is 2. The minimum atomic E-state index is 0.0932. The topological polar surface area (TPSA) is 50.4 Å². The fraction of sp³-hybridized carbons (Fsp3) is 0.533. The molecule has 0 aliphatic carbocycles. The smallest absolute Gasteiger partial charge is 0.221 e. The second-order valence-electron chi connectivity index (χ2n) is 4.90. The van der Waals surface area contributed by atoms with E-state index in [1.54, 1.807) is 7.11 Å². The van der Waals surface area contributed by atoms with Gasteiger partial charge < -0.3 is 15.4 Å². The van der Waals surface area contributed by atoms with E-state index in [-0.39, 0.29) is 11.9 Å². The normalized spacial score (nSPS) is 10.7. The molecule has 1 amide bonds. The summed E-state index contributed by atoms with van der Waals surface area (Å²) in [6.45, 7) is 6.02. The first-order valence-corrected chi connectivity index (χ1v) is 6.68. The number of carbonyl (C=O) groups is 1. The molecule has 106 valence electrons. The lowest BCUT2D eigenvalue weighted by Crippen LogP contribution is -2.32. The van der Waals surface area contributed by atoms with E-state index < -0.39 is 0 Å². The van der Waals surface area contributed by atoms with Crippen LogP contribution in [0, 0.1) is 0 Å². The minimum Gasteiger partial charge on any atom is -0.380 e. The van der Waals surface area contributed by atoms with Crippen LogP contribution in [0.1, 0.15) is 31.4 Å². The predicted molar refractivity (Wildman–Crippen MR) is 76.8 cm³/mol. The summed E-state index contributed by atoms with van der Waals surface area (Å²) in [4.78, 5) is 11.4. The van der Waals surface area contributed by atoms with Crippen molar-refractivity contribution < 1.29 is 9.53 Å². The number of carbonyl (C=O) groups excluding carboxylic acids is 1. The second-order valence-corrected chi connectivity index (χ2v) is 4.90. The lowest BCUT2D eigenvalue weighted by molar-refractivity contribution is -0.121. The van der Waals surface area contributed by atoms with Gasteiger partial charge in [0, 0.05) is 32.7 Å². The number of rotatable bonds is 8. The van der Waals surface area contributed by atoms with Crippen LogP contribution < -0.4 is 10.6 Å². The standard InChI is InChI=1S/C15H24N2O2/c1-12(2)17-15(18)7-8-16-10-13-5-4-6-14(9-13)11-19-3/h4-6,9,12,16H,7-8,10-11H2,1-3H3,(H,17,18). The maximum absolute atomic E-state index is 11.4. The van der Waals surface area contributed by atoms with E-state index in [4.69, 9.17) is 4.74 Å². The number of benzene rings is 1. The van der Waals surface area contributed by atoms with Gasteiger partial charge in [0.2, 0.25) is 5.91 Å². The molecule has 19 heavy (non-hydrogen) atoms. The van der Waals surface area contributed by atoms with Gasteiger partial charge in [-0.05, 0) is 25.0 Å². The van der Waals surface area contributed by atoms with Crippen molar-refractivity contribution in [1.82, 2.24) is 10.6 Å². The zero-order valence-corrected chi connectivity index (χ0v) is 12.0. The Morgan fingerprint density at radius 2 is 2.05 bits per heavy atom. The summed E-state index contributed by atoms with van der Waals surface area (Å²) in [6, 6.07) is 8.46. The summed E-state index contributed by atoms with van der Waals surface area (Å²) in [7, 11) is 1.69. The molecule has 0 aliphatic rings. The Balaban J connectivity index is 2.25. The molecule has 0 fully saturated rings. The van der Waals surface area contributed by atoms with E-state index in [0.717, 1.165) is 6.54 Å². The Morgan fingerprint density at radius 3 is 2.74 bits per heavy atom. The third-order valence-electron chi connectivity index (χ3n) is 2.61. The Hall–Kier alpha value is -1.39. The summed E-state index contributed by atoms with van der Waals surface area (Å²) in [5, 5.41) is 6.15. The van der Waals surface area contributed by atoms with E-state index in [0.29, 0.717) is 19.6 Å². The van der Waals surface area contributed by atoms with Crippen LogP contribution in [0.15, 0.2) is 24.3 Å². The zero-order valence-electron chi connectivity index (χ0n) is 12.0. The first kappa shape index (κ1) is 15.7. The van der Waals surface area contributed by atoms with Crippen molar-refractivity contribution in [2.75, 3.05) is 13.7 Å². The highest BCUT2D eigenvalue weighted by Crippen LogP contribution is 2.06. The molecule has 0 aromatic heterocycles. The van der Waals surface area contributed by atoms with Gasteiger partial charge in [-0.2, -0.15) is 0 Å². The molecule has 0 bridgehead atoms. The third kappa shape index (κ3) is 6.94. The van der Waals surface area contributed by atoms with E-state index in [1.807, 2.05) is 26.0 Å². The number of hydrogen-bond acceptors (Lipinski definition) is 3. The summed E-state index contributed by atoms with van der Waals surface area (Å²) in [5.74, 6) is 0.0932. The van der Waals surface area contributed by atoms with Crippen LogP contribution in [-0.4, -0.2) is 25.6 Å². The minimum absolute atomic E-state index is 0.0932. The van der Waals surface area contributed by atoms with Crippen molar-refractivity contribution >= 4 is 5.91 Å². The van der Waals surface area contributed by atoms with Gasteiger partial charge in [0.1, 0.15) is 0 Å². The van der Waals surface area contributed by atoms with Crippen LogP contribution in [0.2, 0.25) is 0 Å². The highest BCUT2D eigenvalue weighted by Gasteiger charge is 2.02. The molecule has 0 aliphatic heterocycles. The van der Waals surface area contributed by atoms with Crippen LogP contribution in [0.3, 0.4) is 0 Å². The summed E-state index contributed by atoms with van der Waals surface area (Å²) >= 11 is 0. The van der Waals surface area contributed by atoms with Crippen LogP contribution in [0.25, 0.3) is 0 Å². The number of methoxy groups -OCH3 is 1. The SMILES string of the molecule is COCc1cccc(CNCCC(=O)NC(C)C)c1. The van der Waals surface area contributed by atoms with E-state index >= 15 is 0 Å². The lowest BCUT2D eigenvalue weighted by atomic mass is 10.1. The van der Waals surface area contributed by atoms with Crippen molar-refractivity contribution in [2.45, 2.75) is 39.5 Å². The molecule has 0 atom stereocenters. The summed E-state index contributed by atoms with van der Waals surface area (Å²) in [6.07, 6.45) is 0.510. The van der Waals surface area contributed by atoms with E-state index in [1.165, 1.54) is 11.1 Å². The Morgan fingerprint density at radius 1 is 1.32 bits per heavy atom. The number of ether oxygens (including phenoxy) is 1. The van der Waals surface area contributed by atoms with Crippen molar-refractivity contribution in [2.24, 2.45) is 0 Å². The molecule has 4 heteroatoms. The first-order chi connectivity index (χ1) is 9.11. The van der Waals surface area contributed by atoms with Crippen LogP contribution >= 0.6 is 0 Å². The fourth-order valence-corrected chi connectivity index (χ4v) is 1.82. The van der Waals surface area contributed by atoms with Gasteiger partial charge in [0.25, 0.3) is 0 Å². The fourth-order valence-electron chi connectivity index (χ4n) is 1.82. The van der Waals surface area contributed by atoms with Crippen molar-refractivity contribution in [3.8, 4) is 0 Å². The maximum atomic E-state index is 11.4. The average Bonchev–Trinajstić information content (AvgIpc) is 2.35. The molecule has 4 nitrogen and oxygen atoms in total. The molecule has 1 aromatic carbocycles. The summed E-state index contributed by atoms with van der Waals surface area (Å²) in [5.41, 5.74) is 2.37. The lowest BCUT2D eigenvalue weighted by Gasteiger charge is -2.09. The number of amides is 1. The quantitative estimate of drug-likeness (QED) is 0.704. The highest BCUT2D eigenvalue weighted by molar-refractivity contribution is 5.76. The van der Waals surface area contributed by atoms with Crippen molar-refractivity contribution in [3.05, 3.63) is 35.4 Å². The van der Waals surface area contributed by atoms with Gasteiger partial charge in [0.05, 0.1) is 6.61 Å². The molecule has 1 aromatic rings. The van der Waals surface area contributed by atoms with Gasteiger partial charge in [-0.25, -0.2) is 0 Å². The molecule has 0 unspecified atom stereocenters. The van der Waals surface area contributed by atoms with Crippen LogP contribution in [0.5, 0.6) is 0 Å². The molecular formula is C15H24N2O2. The molecular weight excluding hydrogens is 240 g/mol. The largest absolute Gasteiger partial charge is 0.380 e. The van der Waals surface area contributed by atoms with Crippen LogP contribution in [-0.2, 0) is 22.7 Å². The van der Waals surface area contributed by atoms with E-state index in [9.17, 15) is 4.79 Å². The maximum Gasteiger partial charge on any atom is 0.221 e. The first-order valence-electron chi connectivity index (χ1n) is 6.68. The second kappa shape index (κ2) is 8.67. The molecule has 1 rings (SSSR count). The highest BCUT2D eigenvalue weighted by atomic mass is 16.5. The van der Waals surface area contributed by atoms with Crippen molar-refractivity contribution in [3.63, 3.8) is 0 Å². The average molecular weight is 264 g/mol. The summed E-state index contributed by atoms with van der Waals surface area (Å²) < 4.78 is 5.10. The zero-order chi connectivity index (χ0) is 14.1. The Bertz CT molecular complexity index is 391. The Kier molecular flexibility index (Phi) is 7.15. The van der Waals surface area contributed by atoms with Gasteiger partial charge in [-0.15, -0.1) is 0 Å². The van der Waals surface area contributed by atoms with Crippen molar-refractivity contribution in [1.29, 1.82) is 0 Å². The van der Waals surface area contributed by atoms with Gasteiger partial charge in [-0.3, -0.25) is 4.79 Å². The molecule has 2 N–H and O–H groups in total. The third-order valence-corrected chi connectivity index (χ3v) is 2.61. The molecule has 0 radical (unpaired) electrons. The molecule has 0 saturated heterocycles. The monoisotopic (exact) mass is 264 g/mol. The van der Waals surface area contributed by atoms with Gasteiger partial charge in [0.15, 0.2) is 0 Å². The molecule has 0 spiro atoms. The van der Waals surface area contributed by atoms with Gasteiger partial charge >= 0.3 is 0 Å². The van der Waals surface area contributed by atoms with Gasteiger partial charge in [-0.1, -0.05) is 24.3 Å².